The standard InChI is InChI=1S/C15H21Cl2N/c1-2-11-5-3-4-6-15(11)18-10-12-9-13(16)7-8-14(12)17/h7-9,11,15,18H,2-6,10H2,1H3. The van der Waals surface area contributed by atoms with Crippen LogP contribution in [0.2, 0.25) is 10.0 Å². The van der Waals surface area contributed by atoms with E-state index in [1.165, 1.54) is 32.1 Å². The van der Waals surface area contributed by atoms with Gasteiger partial charge in [0.25, 0.3) is 0 Å². The maximum absolute atomic E-state index is 6.19. The zero-order chi connectivity index (χ0) is 13.0. The summed E-state index contributed by atoms with van der Waals surface area (Å²) < 4.78 is 0. The van der Waals surface area contributed by atoms with Crippen molar-refractivity contribution >= 4 is 23.2 Å². The van der Waals surface area contributed by atoms with Crippen LogP contribution in [0, 0.1) is 5.92 Å². The van der Waals surface area contributed by atoms with Crippen molar-refractivity contribution in [3.63, 3.8) is 0 Å². The van der Waals surface area contributed by atoms with Gasteiger partial charge in [-0.2, -0.15) is 0 Å². The molecule has 2 rings (SSSR count). The summed E-state index contributed by atoms with van der Waals surface area (Å²) in [5, 5.41) is 5.22. The van der Waals surface area contributed by atoms with Crippen molar-refractivity contribution in [3.8, 4) is 0 Å². The third kappa shape index (κ3) is 3.63. The third-order valence-electron chi connectivity index (χ3n) is 4.00. The van der Waals surface area contributed by atoms with Gasteiger partial charge in [-0.1, -0.05) is 49.4 Å². The van der Waals surface area contributed by atoms with Crippen LogP contribution in [0.15, 0.2) is 18.2 Å². The summed E-state index contributed by atoms with van der Waals surface area (Å²) in [6.07, 6.45) is 6.64. The van der Waals surface area contributed by atoms with E-state index < -0.39 is 0 Å². The monoisotopic (exact) mass is 285 g/mol. The first-order valence-electron chi connectivity index (χ1n) is 6.88. The Bertz CT molecular complexity index is 392. The second-order valence-corrected chi connectivity index (χ2v) is 6.02. The normalized spacial score (nSPS) is 24.2. The van der Waals surface area contributed by atoms with Gasteiger partial charge in [0.1, 0.15) is 0 Å². The van der Waals surface area contributed by atoms with Crippen molar-refractivity contribution in [2.75, 3.05) is 0 Å². The molecule has 1 aromatic rings. The Hall–Kier alpha value is -0.240. The molecule has 1 N–H and O–H groups in total. The largest absolute Gasteiger partial charge is 0.310 e. The zero-order valence-electron chi connectivity index (χ0n) is 10.9. The molecule has 1 fully saturated rings. The summed E-state index contributed by atoms with van der Waals surface area (Å²) in [7, 11) is 0. The van der Waals surface area contributed by atoms with Crippen molar-refractivity contribution in [3.05, 3.63) is 33.8 Å². The zero-order valence-corrected chi connectivity index (χ0v) is 12.4. The van der Waals surface area contributed by atoms with Crippen LogP contribution in [0.1, 0.15) is 44.6 Å². The SMILES string of the molecule is CCC1CCCCC1NCc1cc(Cl)ccc1Cl. The van der Waals surface area contributed by atoms with E-state index in [0.29, 0.717) is 6.04 Å². The molecule has 0 saturated heterocycles. The van der Waals surface area contributed by atoms with E-state index in [-0.39, 0.29) is 0 Å². The highest BCUT2D eigenvalue weighted by molar-refractivity contribution is 6.33. The molecular formula is C15H21Cl2N. The highest BCUT2D eigenvalue weighted by Crippen LogP contribution is 2.28. The lowest BCUT2D eigenvalue weighted by Crippen LogP contribution is -2.37. The predicted molar refractivity (Wildman–Crippen MR) is 79.3 cm³/mol. The quantitative estimate of drug-likeness (QED) is 0.816. The summed E-state index contributed by atoms with van der Waals surface area (Å²) in [4.78, 5) is 0. The van der Waals surface area contributed by atoms with Gasteiger partial charge in [0.15, 0.2) is 0 Å². The van der Waals surface area contributed by atoms with Crippen LogP contribution >= 0.6 is 23.2 Å². The first kappa shape index (κ1) is 14.2. The number of hydrogen-bond donors (Lipinski definition) is 1. The molecule has 0 amide bonds. The fourth-order valence-electron chi connectivity index (χ4n) is 2.88. The molecule has 0 spiro atoms. The van der Waals surface area contributed by atoms with E-state index in [1.807, 2.05) is 18.2 Å². The Morgan fingerprint density at radius 2 is 2.00 bits per heavy atom. The smallest absolute Gasteiger partial charge is 0.0451 e. The lowest BCUT2D eigenvalue weighted by atomic mass is 9.83. The van der Waals surface area contributed by atoms with Gasteiger partial charge in [-0.05, 0) is 42.5 Å². The highest BCUT2D eigenvalue weighted by atomic mass is 35.5. The summed E-state index contributed by atoms with van der Waals surface area (Å²) in [6, 6.07) is 6.31. The fourth-order valence-corrected chi connectivity index (χ4v) is 3.26. The van der Waals surface area contributed by atoms with Gasteiger partial charge >= 0.3 is 0 Å². The molecular weight excluding hydrogens is 265 g/mol. The van der Waals surface area contributed by atoms with Gasteiger partial charge in [0.2, 0.25) is 0 Å². The minimum atomic E-state index is 0.638. The summed E-state index contributed by atoms with van der Waals surface area (Å²) in [5.41, 5.74) is 1.10. The Morgan fingerprint density at radius 3 is 2.78 bits per heavy atom. The molecule has 18 heavy (non-hydrogen) atoms. The van der Waals surface area contributed by atoms with Crippen molar-refractivity contribution < 1.29 is 0 Å². The van der Waals surface area contributed by atoms with Gasteiger partial charge in [-0.25, -0.2) is 0 Å². The molecule has 0 radical (unpaired) electrons. The van der Waals surface area contributed by atoms with E-state index in [9.17, 15) is 0 Å². The number of benzene rings is 1. The molecule has 1 aliphatic carbocycles. The minimum absolute atomic E-state index is 0.638. The molecule has 1 nitrogen and oxygen atoms in total. The number of hydrogen-bond acceptors (Lipinski definition) is 1. The van der Waals surface area contributed by atoms with E-state index in [2.05, 4.69) is 12.2 Å². The topological polar surface area (TPSA) is 12.0 Å². The van der Waals surface area contributed by atoms with E-state index in [0.717, 1.165) is 28.1 Å². The molecule has 0 heterocycles. The number of nitrogens with one attached hydrogen (secondary N) is 1. The Kier molecular flexibility index (Phi) is 5.35. The number of halogens is 2. The van der Waals surface area contributed by atoms with Crippen molar-refractivity contribution in [2.24, 2.45) is 5.92 Å². The average Bonchev–Trinajstić information content (AvgIpc) is 2.40. The lowest BCUT2D eigenvalue weighted by Gasteiger charge is -2.31. The highest BCUT2D eigenvalue weighted by Gasteiger charge is 2.23. The van der Waals surface area contributed by atoms with Crippen LogP contribution in [0.3, 0.4) is 0 Å². The van der Waals surface area contributed by atoms with Crippen LogP contribution in [0.5, 0.6) is 0 Å². The average molecular weight is 286 g/mol. The first-order valence-corrected chi connectivity index (χ1v) is 7.63. The second kappa shape index (κ2) is 6.79. The van der Waals surface area contributed by atoms with Crippen LogP contribution in [0.4, 0.5) is 0 Å². The van der Waals surface area contributed by atoms with Gasteiger partial charge < -0.3 is 5.32 Å². The molecule has 0 aromatic heterocycles. The van der Waals surface area contributed by atoms with Gasteiger partial charge in [-0.3, -0.25) is 0 Å². The lowest BCUT2D eigenvalue weighted by molar-refractivity contribution is 0.254. The van der Waals surface area contributed by atoms with Gasteiger partial charge in [-0.15, -0.1) is 0 Å². The Balaban J connectivity index is 1.95. The first-order chi connectivity index (χ1) is 8.70. The molecule has 100 valence electrons. The molecule has 1 saturated carbocycles. The summed E-state index contributed by atoms with van der Waals surface area (Å²) in [6.45, 7) is 3.11. The van der Waals surface area contributed by atoms with E-state index in [4.69, 9.17) is 23.2 Å². The fraction of sp³-hybridized carbons (Fsp3) is 0.600. The maximum Gasteiger partial charge on any atom is 0.0451 e. The predicted octanol–water partition coefficient (Wildman–Crippen LogP) is 5.05. The second-order valence-electron chi connectivity index (χ2n) is 5.18. The van der Waals surface area contributed by atoms with Gasteiger partial charge in [0, 0.05) is 22.6 Å². The van der Waals surface area contributed by atoms with Crippen LogP contribution < -0.4 is 5.32 Å². The molecule has 1 aliphatic rings. The molecule has 0 aliphatic heterocycles. The molecule has 1 aromatic carbocycles. The molecule has 3 heteroatoms. The number of rotatable bonds is 4. The third-order valence-corrected chi connectivity index (χ3v) is 4.60. The van der Waals surface area contributed by atoms with Crippen LogP contribution in [-0.2, 0) is 6.54 Å². The van der Waals surface area contributed by atoms with Crippen molar-refractivity contribution in [1.82, 2.24) is 5.32 Å². The van der Waals surface area contributed by atoms with Crippen LogP contribution in [0.25, 0.3) is 0 Å². The van der Waals surface area contributed by atoms with Crippen molar-refractivity contribution in [1.29, 1.82) is 0 Å². The van der Waals surface area contributed by atoms with Gasteiger partial charge in [0.05, 0.1) is 0 Å². The Morgan fingerprint density at radius 1 is 1.22 bits per heavy atom. The molecule has 2 unspecified atom stereocenters. The van der Waals surface area contributed by atoms with Crippen LogP contribution in [-0.4, -0.2) is 6.04 Å². The van der Waals surface area contributed by atoms with E-state index in [1.54, 1.807) is 0 Å². The minimum Gasteiger partial charge on any atom is -0.310 e. The summed E-state index contributed by atoms with van der Waals surface area (Å²) >= 11 is 12.2. The molecule has 2 atom stereocenters. The summed E-state index contributed by atoms with van der Waals surface area (Å²) in [5.74, 6) is 0.816. The van der Waals surface area contributed by atoms with E-state index >= 15 is 0 Å². The van der Waals surface area contributed by atoms with Crippen molar-refractivity contribution in [2.45, 2.75) is 51.6 Å². The Labute approximate surface area is 120 Å². The maximum atomic E-state index is 6.19. The molecule has 0 bridgehead atoms.